The second-order valence-electron chi connectivity index (χ2n) is 12.2. The van der Waals surface area contributed by atoms with Crippen LogP contribution in [0.5, 0.6) is 0 Å². The van der Waals surface area contributed by atoms with Crippen molar-refractivity contribution in [1.29, 1.82) is 0 Å². The van der Waals surface area contributed by atoms with E-state index in [2.05, 4.69) is 13.8 Å². The SMILES string of the molecule is CCC12CC3CC(C1)CC(C14CC5CC(CC(CC)(C5)C1)C4)(C3)C2. The van der Waals surface area contributed by atoms with Crippen LogP contribution in [-0.4, -0.2) is 0 Å². The lowest BCUT2D eigenvalue weighted by Gasteiger charge is -2.74. The van der Waals surface area contributed by atoms with Crippen LogP contribution in [0, 0.1) is 45.3 Å². The summed E-state index contributed by atoms with van der Waals surface area (Å²) >= 11 is 0. The Kier molecular flexibility index (Phi) is 2.80. The third-order valence-electron chi connectivity index (χ3n) is 11.0. The highest BCUT2D eigenvalue weighted by molar-refractivity contribution is 5.19. The molecule has 4 atom stereocenters. The zero-order valence-corrected chi connectivity index (χ0v) is 16.2. The molecule has 0 saturated heterocycles. The van der Waals surface area contributed by atoms with Crippen molar-refractivity contribution in [2.24, 2.45) is 45.3 Å². The number of hydrogen-bond acceptors (Lipinski definition) is 0. The Balaban J connectivity index is 1.44. The van der Waals surface area contributed by atoms with Crippen molar-refractivity contribution in [3.05, 3.63) is 0 Å². The molecule has 0 nitrogen and oxygen atoms in total. The van der Waals surface area contributed by atoms with Gasteiger partial charge in [-0.1, -0.05) is 26.7 Å². The summed E-state index contributed by atoms with van der Waals surface area (Å²) in [6, 6.07) is 0. The van der Waals surface area contributed by atoms with Crippen LogP contribution in [0.2, 0.25) is 0 Å². The van der Waals surface area contributed by atoms with Gasteiger partial charge in [0.05, 0.1) is 0 Å². The predicted molar refractivity (Wildman–Crippen MR) is 99.7 cm³/mol. The molecule has 134 valence electrons. The van der Waals surface area contributed by atoms with Gasteiger partial charge in [0, 0.05) is 0 Å². The molecule has 8 saturated carbocycles. The topological polar surface area (TPSA) is 0 Å². The van der Waals surface area contributed by atoms with Crippen LogP contribution in [0.1, 0.15) is 104 Å². The summed E-state index contributed by atoms with van der Waals surface area (Å²) in [4.78, 5) is 0. The molecule has 8 bridgehead atoms. The monoisotopic (exact) mass is 326 g/mol. The Morgan fingerprint density at radius 1 is 0.542 bits per heavy atom. The summed E-state index contributed by atoms with van der Waals surface area (Å²) in [7, 11) is 0. The minimum absolute atomic E-state index is 0.785. The van der Waals surface area contributed by atoms with Gasteiger partial charge in [-0.15, -0.1) is 0 Å². The third-order valence-corrected chi connectivity index (χ3v) is 11.0. The van der Waals surface area contributed by atoms with Crippen LogP contribution in [0.15, 0.2) is 0 Å². The largest absolute Gasteiger partial charge is 0.0649 e. The van der Waals surface area contributed by atoms with Crippen LogP contribution < -0.4 is 0 Å². The first kappa shape index (κ1) is 15.1. The second kappa shape index (κ2) is 4.45. The highest BCUT2D eigenvalue weighted by atomic mass is 14.7. The Bertz CT molecular complexity index is 478. The normalized spacial score (nSPS) is 63.2. The Morgan fingerprint density at radius 3 is 1.17 bits per heavy atom. The number of hydrogen-bond donors (Lipinski definition) is 0. The van der Waals surface area contributed by atoms with E-state index in [1.165, 1.54) is 12.8 Å². The van der Waals surface area contributed by atoms with Crippen molar-refractivity contribution < 1.29 is 0 Å². The Labute approximate surface area is 149 Å². The first-order chi connectivity index (χ1) is 11.5. The number of rotatable bonds is 3. The molecule has 0 N–H and O–H groups in total. The molecule has 0 spiro atoms. The van der Waals surface area contributed by atoms with Crippen LogP contribution in [-0.2, 0) is 0 Å². The first-order valence-electron chi connectivity index (χ1n) is 11.5. The summed E-state index contributed by atoms with van der Waals surface area (Å²) in [5.41, 5.74) is 3.16. The molecular formula is C24H38. The molecule has 24 heavy (non-hydrogen) atoms. The zero-order chi connectivity index (χ0) is 16.2. The van der Waals surface area contributed by atoms with Crippen molar-refractivity contribution in [2.75, 3.05) is 0 Å². The Hall–Kier alpha value is 0. The van der Waals surface area contributed by atoms with E-state index in [9.17, 15) is 0 Å². The van der Waals surface area contributed by atoms with Gasteiger partial charge in [0.1, 0.15) is 0 Å². The Morgan fingerprint density at radius 2 is 0.875 bits per heavy atom. The van der Waals surface area contributed by atoms with Crippen LogP contribution in [0.3, 0.4) is 0 Å². The van der Waals surface area contributed by atoms with Gasteiger partial charge in [0.15, 0.2) is 0 Å². The van der Waals surface area contributed by atoms with Gasteiger partial charge in [0.25, 0.3) is 0 Å². The van der Waals surface area contributed by atoms with Gasteiger partial charge in [-0.3, -0.25) is 0 Å². The molecule has 0 amide bonds. The average Bonchev–Trinajstić information content (AvgIpc) is 2.52. The zero-order valence-electron chi connectivity index (χ0n) is 16.2. The molecule has 0 heteroatoms. The highest BCUT2D eigenvalue weighted by Gasteiger charge is 2.69. The maximum atomic E-state index is 2.54. The lowest BCUT2D eigenvalue weighted by atomic mass is 9.31. The fourth-order valence-electron chi connectivity index (χ4n) is 11.0. The van der Waals surface area contributed by atoms with Crippen molar-refractivity contribution >= 4 is 0 Å². The van der Waals surface area contributed by atoms with E-state index in [1.807, 2.05) is 0 Å². The van der Waals surface area contributed by atoms with E-state index in [4.69, 9.17) is 0 Å². The fraction of sp³-hybridized carbons (Fsp3) is 1.00. The molecule has 0 aromatic heterocycles. The van der Waals surface area contributed by atoms with Gasteiger partial charge >= 0.3 is 0 Å². The summed E-state index contributed by atoms with van der Waals surface area (Å²) in [6.45, 7) is 5.07. The molecule has 8 aliphatic rings. The van der Waals surface area contributed by atoms with Gasteiger partial charge < -0.3 is 0 Å². The van der Waals surface area contributed by atoms with Gasteiger partial charge in [-0.2, -0.15) is 0 Å². The molecule has 0 aromatic carbocycles. The molecular weight excluding hydrogens is 288 g/mol. The van der Waals surface area contributed by atoms with Gasteiger partial charge in [0.2, 0.25) is 0 Å². The van der Waals surface area contributed by atoms with Crippen LogP contribution in [0.25, 0.3) is 0 Å². The smallest absolute Gasteiger partial charge is 0.0230 e. The standard InChI is InChI=1S/C24H38/c1-3-21-7-17-5-18(8-21)12-23(11-17,15-21)24-13-19-6-20(14-24)10-22(4-2,9-19)16-24/h17-20H,3-16H2,1-2H3. The van der Waals surface area contributed by atoms with E-state index < -0.39 is 0 Å². The van der Waals surface area contributed by atoms with E-state index in [0.29, 0.717) is 0 Å². The summed E-state index contributed by atoms with van der Waals surface area (Å²) < 4.78 is 0. The molecule has 4 unspecified atom stereocenters. The summed E-state index contributed by atoms with van der Waals surface area (Å²) in [6.07, 6.45) is 22.6. The van der Waals surface area contributed by atoms with E-state index in [1.54, 1.807) is 77.0 Å². The van der Waals surface area contributed by atoms with Gasteiger partial charge in [-0.05, 0) is 122 Å². The van der Waals surface area contributed by atoms with Crippen molar-refractivity contribution in [3.63, 3.8) is 0 Å². The van der Waals surface area contributed by atoms with Crippen molar-refractivity contribution in [1.82, 2.24) is 0 Å². The summed E-state index contributed by atoms with van der Waals surface area (Å²) in [5, 5.41) is 0. The van der Waals surface area contributed by atoms with Gasteiger partial charge in [-0.25, -0.2) is 0 Å². The first-order valence-corrected chi connectivity index (χ1v) is 11.5. The van der Waals surface area contributed by atoms with E-state index >= 15 is 0 Å². The molecule has 8 rings (SSSR count). The lowest BCUT2D eigenvalue weighted by Crippen LogP contribution is -2.64. The molecule has 0 aliphatic heterocycles. The van der Waals surface area contributed by atoms with Crippen LogP contribution in [0.4, 0.5) is 0 Å². The molecule has 8 aliphatic carbocycles. The maximum absolute atomic E-state index is 2.54. The highest BCUT2D eigenvalue weighted by Crippen LogP contribution is 2.79. The maximum Gasteiger partial charge on any atom is -0.0230 e. The fourth-order valence-corrected chi connectivity index (χ4v) is 11.0. The molecule has 0 aromatic rings. The van der Waals surface area contributed by atoms with Crippen molar-refractivity contribution in [3.8, 4) is 0 Å². The molecule has 0 radical (unpaired) electrons. The minimum Gasteiger partial charge on any atom is -0.0649 e. The lowest BCUT2D eigenvalue weighted by molar-refractivity contribution is -0.239. The van der Waals surface area contributed by atoms with Crippen molar-refractivity contribution in [2.45, 2.75) is 104 Å². The van der Waals surface area contributed by atoms with E-state index in [-0.39, 0.29) is 0 Å². The predicted octanol–water partition coefficient (Wildman–Crippen LogP) is 6.98. The van der Waals surface area contributed by atoms with Crippen LogP contribution >= 0.6 is 0 Å². The molecule has 0 heterocycles. The quantitative estimate of drug-likeness (QED) is 0.525. The summed E-state index contributed by atoms with van der Waals surface area (Å²) in [5.74, 6) is 4.49. The molecule has 8 fully saturated rings. The third kappa shape index (κ3) is 1.72. The second-order valence-corrected chi connectivity index (χ2v) is 12.2. The average molecular weight is 327 g/mol. The van der Waals surface area contributed by atoms with E-state index in [0.717, 1.165) is 45.3 Å². The minimum atomic E-state index is 0.785.